The average Bonchev–Trinajstić information content (AvgIpc) is 2.33. The van der Waals surface area contributed by atoms with E-state index in [1.54, 1.807) is 0 Å². The SMILES string of the molecule is CC.CCCC(CCC)C1CCCCC1. The Hall–Kier alpha value is 0. The maximum absolute atomic E-state index is 2.34. The molecule has 0 heterocycles. The van der Waals surface area contributed by atoms with Crippen LogP contribution in [0.5, 0.6) is 0 Å². The van der Waals surface area contributed by atoms with Gasteiger partial charge in [0.05, 0.1) is 0 Å². The van der Waals surface area contributed by atoms with Gasteiger partial charge >= 0.3 is 0 Å². The van der Waals surface area contributed by atoms with E-state index in [-0.39, 0.29) is 0 Å². The van der Waals surface area contributed by atoms with Crippen LogP contribution in [0.2, 0.25) is 0 Å². The summed E-state index contributed by atoms with van der Waals surface area (Å²) in [6.45, 7) is 8.68. The second-order valence-electron chi connectivity index (χ2n) is 4.74. The molecule has 0 amide bonds. The molecule has 0 radical (unpaired) electrons. The predicted octanol–water partition coefficient (Wildman–Crippen LogP) is 5.81. The van der Waals surface area contributed by atoms with Crippen molar-refractivity contribution in [3.05, 3.63) is 0 Å². The lowest BCUT2D eigenvalue weighted by atomic mass is 9.76. The summed E-state index contributed by atoms with van der Waals surface area (Å²) in [5, 5.41) is 0. The van der Waals surface area contributed by atoms with Crippen molar-refractivity contribution in [2.45, 2.75) is 85.5 Å². The third kappa shape index (κ3) is 6.22. The van der Waals surface area contributed by atoms with Crippen molar-refractivity contribution in [1.29, 1.82) is 0 Å². The Morgan fingerprint density at radius 2 is 1.33 bits per heavy atom. The summed E-state index contributed by atoms with van der Waals surface area (Å²) in [5.74, 6) is 2.16. The Balaban J connectivity index is 0.000000921. The number of hydrogen-bond acceptors (Lipinski definition) is 0. The molecule has 0 bridgehead atoms. The van der Waals surface area contributed by atoms with Crippen LogP contribution in [0, 0.1) is 11.8 Å². The van der Waals surface area contributed by atoms with Gasteiger partial charge in [-0.3, -0.25) is 0 Å². The molecule has 1 saturated carbocycles. The molecule has 0 aromatic rings. The van der Waals surface area contributed by atoms with E-state index >= 15 is 0 Å². The summed E-state index contributed by atoms with van der Waals surface area (Å²) in [5.41, 5.74) is 0. The van der Waals surface area contributed by atoms with E-state index in [1.165, 1.54) is 57.8 Å². The van der Waals surface area contributed by atoms with E-state index in [1.807, 2.05) is 13.8 Å². The standard InChI is InChI=1S/C13H26.C2H6/c1-3-8-12(9-4-2)13-10-6-5-7-11-13;1-2/h12-13H,3-11H2,1-2H3;1-2H3. The molecule has 0 unspecified atom stereocenters. The van der Waals surface area contributed by atoms with E-state index in [0.29, 0.717) is 0 Å². The van der Waals surface area contributed by atoms with Gasteiger partial charge in [-0.2, -0.15) is 0 Å². The average molecular weight is 212 g/mol. The molecule has 1 rings (SSSR count). The second-order valence-corrected chi connectivity index (χ2v) is 4.74. The van der Waals surface area contributed by atoms with Crippen molar-refractivity contribution in [2.24, 2.45) is 11.8 Å². The first-order chi connectivity index (χ1) is 7.38. The van der Waals surface area contributed by atoms with Crippen LogP contribution in [0.1, 0.15) is 85.5 Å². The van der Waals surface area contributed by atoms with Gasteiger partial charge in [-0.05, 0) is 11.8 Å². The van der Waals surface area contributed by atoms with Gasteiger partial charge in [0.15, 0.2) is 0 Å². The van der Waals surface area contributed by atoms with Gasteiger partial charge in [-0.15, -0.1) is 0 Å². The fraction of sp³-hybridized carbons (Fsp3) is 1.00. The zero-order chi connectivity index (χ0) is 11.5. The molecular formula is C15H32. The van der Waals surface area contributed by atoms with Crippen molar-refractivity contribution in [1.82, 2.24) is 0 Å². The summed E-state index contributed by atoms with van der Waals surface area (Å²) in [7, 11) is 0. The molecule has 0 aliphatic heterocycles. The van der Waals surface area contributed by atoms with E-state index < -0.39 is 0 Å². The van der Waals surface area contributed by atoms with Crippen molar-refractivity contribution >= 4 is 0 Å². The predicted molar refractivity (Wildman–Crippen MR) is 71.2 cm³/mol. The molecule has 0 saturated heterocycles. The van der Waals surface area contributed by atoms with Crippen LogP contribution in [0.4, 0.5) is 0 Å². The third-order valence-corrected chi connectivity index (χ3v) is 3.64. The molecule has 0 aromatic carbocycles. The highest BCUT2D eigenvalue weighted by molar-refractivity contribution is 4.73. The van der Waals surface area contributed by atoms with Crippen LogP contribution in [-0.4, -0.2) is 0 Å². The highest BCUT2D eigenvalue weighted by Gasteiger charge is 2.21. The molecule has 0 spiro atoms. The van der Waals surface area contributed by atoms with E-state index in [0.717, 1.165) is 11.8 Å². The Kier molecular flexibility index (Phi) is 10.5. The van der Waals surface area contributed by atoms with Crippen LogP contribution in [0.3, 0.4) is 0 Å². The molecule has 0 aromatic heterocycles. The van der Waals surface area contributed by atoms with Crippen LogP contribution in [-0.2, 0) is 0 Å². The highest BCUT2D eigenvalue weighted by atomic mass is 14.3. The van der Waals surface area contributed by atoms with E-state index in [9.17, 15) is 0 Å². The zero-order valence-corrected chi connectivity index (χ0v) is 11.5. The monoisotopic (exact) mass is 212 g/mol. The van der Waals surface area contributed by atoms with Crippen LogP contribution < -0.4 is 0 Å². The first kappa shape index (κ1) is 15.0. The van der Waals surface area contributed by atoms with Crippen LogP contribution in [0.15, 0.2) is 0 Å². The normalized spacial score (nSPS) is 17.4. The zero-order valence-electron chi connectivity index (χ0n) is 11.5. The van der Waals surface area contributed by atoms with Gasteiger partial charge in [0.1, 0.15) is 0 Å². The largest absolute Gasteiger partial charge is 0.0683 e. The minimum atomic E-state index is 1.07. The number of rotatable bonds is 5. The molecule has 1 aliphatic carbocycles. The van der Waals surface area contributed by atoms with E-state index in [4.69, 9.17) is 0 Å². The smallest absolute Gasteiger partial charge is 0.0386 e. The lowest BCUT2D eigenvalue weighted by Gasteiger charge is -2.30. The Morgan fingerprint density at radius 3 is 1.73 bits per heavy atom. The quantitative estimate of drug-likeness (QED) is 0.539. The Labute approximate surface area is 97.8 Å². The lowest BCUT2D eigenvalue weighted by Crippen LogP contribution is -2.17. The molecule has 15 heavy (non-hydrogen) atoms. The minimum absolute atomic E-state index is 1.07. The fourth-order valence-corrected chi connectivity index (χ4v) is 2.96. The van der Waals surface area contributed by atoms with Crippen molar-refractivity contribution in [3.63, 3.8) is 0 Å². The highest BCUT2D eigenvalue weighted by Crippen LogP contribution is 2.34. The van der Waals surface area contributed by atoms with Gasteiger partial charge in [0.2, 0.25) is 0 Å². The van der Waals surface area contributed by atoms with Gasteiger partial charge in [0, 0.05) is 0 Å². The molecule has 0 nitrogen and oxygen atoms in total. The first-order valence-corrected chi connectivity index (χ1v) is 7.38. The molecule has 1 fully saturated rings. The van der Waals surface area contributed by atoms with Crippen molar-refractivity contribution in [2.75, 3.05) is 0 Å². The molecular weight excluding hydrogens is 180 g/mol. The summed E-state index contributed by atoms with van der Waals surface area (Å²) in [6, 6.07) is 0. The Morgan fingerprint density at radius 1 is 0.867 bits per heavy atom. The van der Waals surface area contributed by atoms with Gasteiger partial charge in [-0.25, -0.2) is 0 Å². The lowest BCUT2D eigenvalue weighted by molar-refractivity contribution is 0.222. The van der Waals surface area contributed by atoms with Gasteiger partial charge < -0.3 is 0 Å². The number of hydrogen-bond donors (Lipinski definition) is 0. The van der Waals surface area contributed by atoms with Crippen LogP contribution >= 0.6 is 0 Å². The molecule has 0 heteroatoms. The summed E-state index contributed by atoms with van der Waals surface area (Å²) in [4.78, 5) is 0. The Bertz CT molecular complexity index is 105. The maximum Gasteiger partial charge on any atom is -0.0386 e. The first-order valence-electron chi connectivity index (χ1n) is 7.38. The molecule has 1 aliphatic rings. The van der Waals surface area contributed by atoms with Crippen LogP contribution in [0.25, 0.3) is 0 Å². The fourth-order valence-electron chi connectivity index (χ4n) is 2.96. The molecule has 0 atom stereocenters. The van der Waals surface area contributed by atoms with Gasteiger partial charge in [0.25, 0.3) is 0 Å². The van der Waals surface area contributed by atoms with Crippen molar-refractivity contribution in [3.8, 4) is 0 Å². The summed E-state index contributed by atoms with van der Waals surface area (Å²) in [6.07, 6.45) is 13.3. The molecule has 0 N–H and O–H groups in total. The summed E-state index contributed by atoms with van der Waals surface area (Å²) < 4.78 is 0. The van der Waals surface area contributed by atoms with E-state index in [2.05, 4.69) is 13.8 Å². The maximum atomic E-state index is 2.34. The van der Waals surface area contributed by atoms with Gasteiger partial charge in [-0.1, -0.05) is 85.5 Å². The minimum Gasteiger partial charge on any atom is -0.0683 e. The topological polar surface area (TPSA) is 0 Å². The van der Waals surface area contributed by atoms with Crippen molar-refractivity contribution < 1.29 is 0 Å². The third-order valence-electron chi connectivity index (χ3n) is 3.64. The second kappa shape index (κ2) is 10.5. The molecule has 92 valence electrons. The summed E-state index contributed by atoms with van der Waals surface area (Å²) >= 11 is 0.